The van der Waals surface area contributed by atoms with Crippen LogP contribution in [0.25, 0.3) is 5.65 Å². The molecule has 3 heterocycles. The van der Waals surface area contributed by atoms with Crippen LogP contribution in [0.15, 0.2) is 24.5 Å². The first kappa shape index (κ1) is 17.0. The van der Waals surface area contributed by atoms with E-state index in [1.165, 1.54) is 11.3 Å². The second kappa shape index (κ2) is 7.34. The van der Waals surface area contributed by atoms with Gasteiger partial charge in [0.15, 0.2) is 0 Å². The summed E-state index contributed by atoms with van der Waals surface area (Å²) in [4.78, 5) is 18.5. The van der Waals surface area contributed by atoms with Gasteiger partial charge in [-0.2, -0.15) is 0 Å². The zero-order chi connectivity index (χ0) is 17.1. The highest BCUT2D eigenvalue weighted by Crippen LogP contribution is 2.21. The molecule has 0 saturated carbocycles. The van der Waals surface area contributed by atoms with Gasteiger partial charge in [-0.3, -0.25) is 4.79 Å². The second-order valence-electron chi connectivity index (χ2n) is 6.82. The number of imidazole rings is 1. The van der Waals surface area contributed by atoms with E-state index in [1.54, 1.807) is 0 Å². The number of piperidine rings is 1. The number of fused-ring (bicyclic) bond motifs is 1. The Hall–Kier alpha value is -1.88. The fraction of sp³-hybridized carbons (Fsp3) is 0.579. The van der Waals surface area contributed by atoms with Crippen LogP contribution in [0.3, 0.4) is 0 Å². The summed E-state index contributed by atoms with van der Waals surface area (Å²) in [5.41, 5.74) is 3.42. The molecule has 1 saturated heterocycles. The molecule has 0 aromatic carbocycles. The molecule has 5 heteroatoms. The zero-order valence-corrected chi connectivity index (χ0v) is 15.0. The number of carbonyl (C=O) groups excluding carboxylic acids is 1. The van der Waals surface area contributed by atoms with Gasteiger partial charge in [-0.1, -0.05) is 20.3 Å². The first-order chi connectivity index (χ1) is 11.6. The van der Waals surface area contributed by atoms with Crippen molar-refractivity contribution < 1.29 is 4.79 Å². The van der Waals surface area contributed by atoms with Crippen molar-refractivity contribution in [2.45, 2.75) is 52.6 Å². The van der Waals surface area contributed by atoms with Crippen LogP contribution >= 0.6 is 0 Å². The first-order valence-corrected chi connectivity index (χ1v) is 9.06. The molecule has 5 nitrogen and oxygen atoms in total. The van der Waals surface area contributed by atoms with Crippen LogP contribution in [0.1, 0.15) is 44.4 Å². The Labute approximate surface area is 144 Å². The number of amides is 1. The van der Waals surface area contributed by atoms with E-state index in [1.807, 2.05) is 18.0 Å². The maximum atomic E-state index is 11.9. The Kier molecular flexibility index (Phi) is 5.19. The smallest absolute Gasteiger partial charge is 0.222 e. The van der Waals surface area contributed by atoms with Gasteiger partial charge in [0.1, 0.15) is 5.65 Å². The van der Waals surface area contributed by atoms with Crippen LogP contribution in [-0.2, 0) is 11.3 Å². The Morgan fingerprint density at radius 2 is 2.25 bits per heavy atom. The molecule has 1 aliphatic rings. The van der Waals surface area contributed by atoms with Gasteiger partial charge in [-0.15, -0.1) is 0 Å². The Balaban J connectivity index is 1.64. The summed E-state index contributed by atoms with van der Waals surface area (Å²) in [6.07, 6.45) is 6.78. The van der Waals surface area contributed by atoms with E-state index in [2.05, 4.69) is 46.9 Å². The molecule has 0 aliphatic carbocycles. The van der Waals surface area contributed by atoms with Crippen molar-refractivity contribution in [3.63, 3.8) is 0 Å². The van der Waals surface area contributed by atoms with Crippen molar-refractivity contribution in [1.29, 1.82) is 0 Å². The number of aryl methyl sites for hydroxylation is 1. The molecule has 1 N–H and O–H groups in total. The lowest BCUT2D eigenvalue weighted by Crippen LogP contribution is -2.50. The third-order valence-corrected chi connectivity index (χ3v) is 5.20. The SMILES string of the molecule is CCC(=O)N1CC[C@H](NCc2cnc3cc(C)ccn23)[C@@H](CC)C1. The third-order valence-electron chi connectivity index (χ3n) is 5.20. The summed E-state index contributed by atoms with van der Waals surface area (Å²) in [6, 6.07) is 4.68. The molecule has 0 spiro atoms. The fourth-order valence-electron chi connectivity index (χ4n) is 3.67. The number of carbonyl (C=O) groups is 1. The van der Waals surface area contributed by atoms with Crippen molar-refractivity contribution in [2.24, 2.45) is 5.92 Å². The van der Waals surface area contributed by atoms with Gasteiger partial charge in [-0.05, 0) is 37.0 Å². The molecule has 0 unspecified atom stereocenters. The van der Waals surface area contributed by atoms with Crippen LogP contribution in [0, 0.1) is 12.8 Å². The molecule has 2 atom stereocenters. The minimum absolute atomic E-state index is 0.282. The number of hydrogen-bond acceptors (Lipinski definition) is 3. The van der Waals surface area contributed by atoms with Crippen LogP contribution in [0.2, 0.25) is 0 Å². The molecule has 0 radical (unpaired) electrons. The van der Waals surface area contributed by atoms with E-state index in [0.717, 1.165) is 38.1 Å². The molecule has 0 bridgehead atoms. The van der Waals surface area contributed by atoms with Gasteiger partial charge in [0.05, 0.1) is 11.9 Å². The van der Waals surface area contributed by atoms with E-state index in [-0.39, 0.29) is 5.91 Å². The monoisotopic (exact) mass is 328 g/mol. The highest BCUT2D eigenvalue weighted by Gasteiger charge is 2.29. The summed E-state index contributed by atoms with van der Waals surface area (Å²) >= 11 is 0. The van der Waals surface area contributed by atoms with Crippen molar-refractivity contribution in [2.75, 3.05) is 13.1 Å². The van der Waals surface area contributed by atoms with Crippen LogP contribution in [0.4, 0.5) is 0 Å². The summed E-state index contributed by atoms with van der Waals surface area (Å²) < 4.78 is 2.15. The largest absolute Gasteiger partial charge is 0.342 e. The highest BCUT2D eigenvalue weighted by molar-refractivity contribution is 5.75. The van der Waals surface area contributed by atoms with Crippen molar-refractivity contribution in [3.8, 4) is 0 Å². The van der Waals surface area contributed by atoms with Crippen molar-refractivity contribution in [1.82, 2.24) is 19.6 Å². The normalized spacial score (nSPS) is 21.4. The van der Waals surface area contributed by atoms with Gasteiger partial charge in [0.2, 0.25) is 5.91 Å². The number of pyridine rings is 1. The number of rotatable bonds is 5. The molecule has 1 aliphatic heterocycles. The van der Waals surface area contributed by atoms with Gasteiger partial charge in [0.25, 0.3) is 0 Å². The van der Waals surface area contributed by atoms with Gasteiger partial charge < -0.3 is 14.6 Å². The number of aromatic nitrogens is 2. The van der Waals surface area contributed by atoms with Crippen LogP contribution in [-0.4, -0.2) is 39.3 Å². The molecule has 3 rings (SSSR count). The van der Waals surface area contributed by atoms with E-state index >= 15 is 0 Å². The predicted octanol–water partition coefficient (Wildman–Crippen LogP) is 2.77. The summed E-state index contributed by atoms with van der Waals surface area (Å²) in [7, 11) is 0. The second-order valence-corrected chi connectivity index (χ2v) is 6.82. The van der Waals surface area contributed by atoms with E-state index in [0.29, 0.717) is 18.4 Å². The molecular formula is C19H28N4O. The van der Waals surface area contributed by atoms with E-state index < -0.39 is 0 Å². The molecule has 2 aromatic heterocycles. The zero-order valence-electron chi connectivity index (χ0n) is 15.0. The summed E-state index contributed by atoms with van der Waals surface area (Å²) in [6.45, 7) is 8.81. The molecule has 130 valence electrons. The molecule has 2 aromatic rings. The van der Waals surface area contributed by atoms with Crippen molar-refractivity contribution in [3.05, 3.63) is 35.8 Å². The summed E-state index contributed by atoms with van der Waals surface area (Å²) in [5.74, 6) is 0.805. The fourth-order valence-corrected chi connectivity index (χ4v) is 3.67. The number of likely N-dealkylation sites (tertiary alicyclic amines) is 1. The number of nitrogens with zero attached hydrogens (tertiary/aromatic N) is 3. The maximum absolute atomic E-state index is 11.9. The standard InChI is InChI=1S/C19H28N4O/c1-4-15-13-22(19(24)5-2)8-7-17(15)20-11-16-12-21-18-10-14(3)6-9-23(16)18/h6,9-10,12,15,17,20H,4-5,7-8,11,13H2,1-3H3/t15-,17-/m0/s1. The van der Waals surface area contributed by atoms with Gasteiger partial charge >= 0.3 is 0 Å². The third kappa shape index (κ3) is 3.46. The molecule has 1 amide bonds. The summed E-state index contributed by atoms with van der Waals surface area (Å²) in [5, 5.41) is 3.71. The van der Waals surface area contributed by atoms with Crippen LogP contribution in [0.5, 0.6) is 0 Å². The lowest BCUT2D eigenvalue weighted by Gasteiger charge is -2.38. The molecular weight excluding hydrogens is 300 g/mol. The molecule has 24 heavy (non-hydrogen) atoms. The number of hydrogen-bond donors (Lipinski definition) is 1. The topological polar surface area (TPSA) is 49.6 Å². The van der Waals surface area contributed by atoms with E-state index in [4.69, 9.17) is 0 Å². The lowest BCUT2D eigenvalue weighted by molar-refractivity contribution is -0.133. The minimum atomic E-state index is 0.282. The average molecular weight is 328 g/mol. The highest BCUT2D eigenvalue weighted by atomic mass is 16.2. The van der Waals surface area contributed by atoms with E-state index in [9.17, 15) is 4.79 Å². The number of nitrogens with one attached hydrogen (secondary N) is 1. The molecule has 1 fully saturated rings. The van der Waals surface area contributed by atoms with Gasteiger partial charge in [0, 0.05) is 38.3 Å². The predicted molar refractivity (Wildman–Crippen MR) is 95.8 cm³/mol. The lowest BCUT2D eigenvalue weighted by atomic mass is 9.89. The maximum Gasteiger partial charge on any atom is 0.222 e. The van der Waals surface area contributed by atoms with Crippen molar-refractivity contribution >= 4 is 11.6 Å². The quantitative estimate of drug-likeness (QED) is 0.918. The Bertz CT molecular complexity index is 708. The average Bonchev–Trinajstić information content (AvgIpc) is 3.01. The van der Waals surface area contributed by atoms with Gasteiger partial charge in [-0.25, -0.2) is 4.98 Å². The van der Waals surface area contributed by atoms with Crippen LogP contribution < -0.4 is 5.32 Å². The Morgan fingerprint density at radius 3 is 3.00 bits per heavy atom. The first-order valence-electron chi connectivity index (χ1n) is 9.06. The Morgan fingerprint density at radius 1 is 1.42 bits per heavy atom. The minimum Gasteiger partial charge on any atom is -0.342 e.